The van der Waals surface area contributed by atoms with E-state index in [0.29, 0.717) is 59.0 Å². The molecule has 0 aliphatic carbocycles. The van der Waals surface area contributed by atoms with Crippen LogP contribution in [0.15, 0.2) is 128 Å². The van der Waals surface area contributed by atoms with Gasteiger partial charge in [0.15, 0.2) is 17.1 Å². The van der Waals surface area contributed by atoms with Gasteiger partial charge in [0.1, 0.15) is 40.7 Å². The Morgan fingerprint density at radius 3 is 1.73 bits per heavy atom. The van der Waals surface area contributed by atoms with Crippen LogP contribution in [-0.2, 0) is 14.4 Å². The number of hydrogen-bond donors (Lipinski definition) is 2. The number of anilines is 4. The van der Waals surface area contributed by atoms with Crippen LogP contribution in [-0.4, -0.2) is 102 Å². The van der Waals surface area contributed by atoms with Gasteiger partial charge in [-0.15, -0.1) is 0 Å². The maximum atomic E-state index is 12.0. The minimum atomic E-state index is -0.0739. The monoisotopic (exact) mass is 978 g/mol. The van der Waals surface area contributed by atoms with Gasteiger partial charge in [0.25, 0.3) is 0 Å². The van der Waals surface area contributed by atoms with Gasteiger partial charge in [-0.25, -0.2) is 19.0 Å². The summed E-state index contributed by atoms with van der Waals surface area (Å²) >= 11 is 0. The maximum Gasteiger partial charge on any atom is 0.223 e. The van der Waals surface area contributed by atoms with Crippen LogP contribution in [0.1, 0.15) is 68.6 Å². The number of nitrogens with zero attached hydrogens (tertiary/aromatic N) is 14. The van der Waals surface area contributed by atoms with Crippen LogP contribution in [0.5, 0.6) is 0 Å². The first-order valence-electron chi connectivity index (χ1n) is 22.8. The Balaban J connectivity index is 0.000000189. The van der Waals surface area contributed by atoms with Crippen molar-refractivity contribution in [2.24, 2.45) is 0 Å². The predicted octanol–water partition coefficient (Wildman–Crippen LogP) is 7.46. The Morgan fingerprint density at radius 1 is 0.671 bits per heavy atom. The fourth-order valence-electron chi connectivity index (χ4n) is 7.25. The first kappa shape index (κ1) is 53.9. The van der Waals surface area contributed by atoms with Crippen molar-refractivity contribution in [1.82, 2.24) is 44.3 Å². The van der Waals surface area contributed by atoms with Crippen LogP contribution >= 0.6 is 0 Å². The fourth-order valence-corrected chi connectivity index (χ4v) is 7.25. The van der Waals surface area contributed by atoms with E-state index in [-0.39, 0.29) is 23.5 Å². The lowest BCUT2D eigenvalue weighted by molar-refractivity contribution is -0.117. The molecule has 5 heterocycles. The van der Waals surface area contributed by atoms with Gasteiger partial charge in [0.2, 0.25) is 17.7 Å². The molecule has 0 radical (unpaired) electrons. The number of nitrogens with one attached hydrogen (secondary N) is 1. The number of H-pyrrole nitrogens is 1. The quantitative estimate of drug-likeness (QED) is 0.0941. The topological polar surface area (TPSA) is 268 Å². The zero-order valence-electron chi connectivity index (χ0n) is 41.7. The van der Waals surface area contributed by atoms with Crippen LogP contribution < -0.4 is 20.4 Å². The van der Waals surface area contributed by atoms with E-state index >= 15 is 0 Å². The number of ketones is 1. The molecule has 0 spiro atoms. The number of nitriles is 3. The third-order valence-electron chi connectivity index (χ3n) is 10.8. The van der Waals surface area contributed by atoms with Crippen molar-refractivity contribution in [3.8, 4) is 40.7 Å². The van der Waals surface area contributed by atoms with Crippen LogP contribution in [0.3, 0.4) is 0 Å². The van der Waals surface area contributed by atoms with E-state index in [1.807, 2.05) is 108 Å². The Bertz CT molecular complexity index is 3390. The molecule has 73 heavy (non-hydrogen) atoms. The summed E-state index contributed by atoms with van der Waals surface area (Å²) in [4.78, 5) is 62.5. The summed E-state index contributed by atoms with van der Waals surface area (Å²) in [6, 6.07) is 32.1. The van der Waals surface area contributed by atoms with E-state index in [1.165, 1.54) is 31.6 Å². The Labute approximate surface area is 422 Å². The molecule has 8 aromatic rings. The number of fused-ring (bicyclic) bond motifs is 2. The second kappa shape index (κ2) is 25.6. The second-order valence-electron chi connectivity index (χ2n) is 15.9. The summed E-state index contributed by atoms with van der Waals surface area (Å²) in [5.74, 6) is 0.213. The van der Waals surface area contributed by atoms with Gasteiger partial charge in [0, 0.05) is 113 Å². The van der Waals surface area contributed by atoms with E-state index in [9.17, 15) is 19.2 Å². The molecule has 0 atom stereocenters. The van der Waals surface area contributed by atoms with Crippen molar-refractivity contribution in [3.63, 3.8) is 0 Å². The van der Waals surface area contributed by atoms with Gasteiger partial charge in [-0.2, -0.15) is 31.1 Å². The van der Waals surface area contributed by atoms with Gasteiger partial charge in [-0.1, -0.05) is 36.4 Å². The standard InChI is InChI=1S/2C17H15N5O.C15H20N2O2.C4H4N4/c1-3-21(12(2)23)15-6-4-5-13(9-15)16-7-8-22-17(20-16)14(10-18)11-19-22;1-3-21(12(2)23)15-6-4-5-13(9-15)16-7-8-19-17-14(10-18)11-20-22(16)17;1-5-17(12(2)18)14-8-6-7-13(11-14)15(19)9-10-16(3)4;5-1-3-2-7-8-4(3)6/h2*4-9,11H,3H2,1-2H3;6-11H,5H2,1-4H3;2H,(H3,6,7,8)/b;;10-9+;. The largest absolute Gasteiger partial charge is 0.383 e. The average molecular weight is 979 g/mol. The molecule has 0 fully saturated rings. The lowest BCUT2D eigenvalue weighted by Crippen LogP contribution is -2.27. The lowest BCUT2D eigenvalue weighted by atomic mass is 10.1. The zero-order valence-corrected chi connectivity index (χ0v) is 41.7. The third kappa shape index (κ3) is 13.6. The molecule has 3 aromatic carbocycles. The summed E-state index contributed by atoms with van der Waals surface area (Å²) in [5.41, 5.74) is 13.8. The van der Waals surface area contributed by atoms with Crippen molar-refractivity contribution in [2.45, 2.75) is 41.5 Å². The summed E-state index contributed by atoms with van der Waals surface area (Å²) in [6.45, 7) is 12.2. The maximum absolute atomic E-state index is 12.0. The zero-order chi connectivity index (χ0) is 53.2. The number of allylic oxidation sites excluding steroid dienone is 1. The molecule has 0 aliphatic heterocycles. The molecule has 8 rings (SSSR count). The molecular formula is C53H54N16O4. The summed E-state index contributed by atoms with van der Waals surface area (Å²) in [5, 5.41) is 40.7. The first-order chi connectivity index (χ1) is 35.1. The molecule has 0 saturated heterocycles. The first-order valence-corrected chi connectivity index (χ1v) is 22.8. The summed E-state index contributed by atoms with van der Waals surface area (Å²) in [7, 11) is 3.71. The molecule has 370 valence electrons. The molecule has 20 nitrogen and oxygen atoms in total. The smallest absolute Gasteiger partial charge is 0.223 e. The van der Waals surface area contributed by atoms with Crippen LogP contribution in [0.25, 0.3) is 33.8 Å². The predicted molar refractivity (Wildman–Crippen MR) is 279 cm³/mol. The highest BCUT2D eigenvalue weighted by Gasteiger charge is 2.15. The number of nitrogens with two attached hydrogens (primary N) is 1. The number of rotatable bonds is 11. The van der Waals surface area contributed by atoms with Gasteiger partial charge in [-0.05, 0) is 69.3 Å². The SMILES string of the molecule is CCN(C(C)=O)c1cccc(-c2ccn3ncc(C#N)c3n2)c1.CCN(C(C)=O)c1cccc(-c2ccnc3c(C#N)cnn23)c1.CCN(C(C)=O)c1cccc(C(=O)/C=C/N(C)C)c1.N#Cc1cn[nH]c1N. The Hall–Kier alpha value is -10.0. The number of aromatic nitrogens is 8. The minimum absolute atomic E-state index is 0.00406. The highest BCUT2D eigenvalue weighted by Crippen LogP contribution is 2.27. The van der Waals surface area contributed by atoms with Crippen molar-refractivity contribution in [3.05, 3.63) is 150 Å². The third-order valence-corrected chi connectivity index (χ3v) is 10.8. The van der Waals surface area contributed by atoms with Gasteiger partial charge < -0.3 is 25.3 Å². The van der Waals surface area contributed by atoms with Crippen molar-refractivity contribution in [1.29, 1.82) is 15.8 Å². The van der Waals surface area contributed by atoms with Crippen molar-refractivity contribution < 1.29 is 19.2 Å². The van der Waals surface area contributed by atoms with Crippen molar-refractivity contribution in [2.75, 3.05) is 54.2 Å². The molecule has 0 bridgehead atoms. The average Bonchev–Trinajstić information content (AvgIpc) is 4.14. The number of nitrogen functional groups attached to an aromatic ring is 1. The van der Waals surface area contributed by atoms with E-state index < -0.39 is 0 Å². The highest BCUT2D eigenvalue weighted by molar-refractivity contribution is 6.05. The lowest BCUT2D eigenvalue weighted by Gasteiger charge is -2.19. The van der Waals surface area contributed by atoms with E-state index in [4.69, 9.17) is 21.5 Å². The number of hydrogen-bond acceptors (Lipinski definition) is 14. The molecule has 0 aliphatic rings. The van der Waals surface area contributed by atoms with Gasteiger partial charge in [0.05, 0.1) is 30.0 Å². The van der Waals surface area contributed by atoms with Crippen LogP contribution in [0.2, 0.25) is 0 Å². The van der Waals surface area contributed by atoms with E-state index in [0.717, 1.165) is 39.6 Å². The van der Waals surface area contributed by atoms with Gasteiger partial charge >= 0.3 is 0 Å². The minimum Gasteiger partial charge on any atom is -0.383 e. The molecule has 3 N–H and O–H groups in total. The number of carbonyl (C=O) groups is 4. The second-order valence-corrected chi connectivity index (χ2v) is 15.9. The molecule has 5 aromatic heterocycles. The number of aromatic amines is 1. The number of amides is 3. The van der Waals surface area contributed by atoms with Crippen LogP contribution in [0, 0.1) is 34.0 Å². The number of carbonyl (C=O) groups excluding carboxylic acids is 4. The molecule has 20 heteroatoms. The van der Waals surface area contributed by atoms with E-state index in [1.54, 1.807) is 79.3 Å². The molecular weight excluding hydrogens is 925 g/mol. The van der Waals surface area contributed by atoms with Crippen molar-refractivity contribution >= 4 is 57.7 Å². The van der Waals surface area contributed by atoms with E-state index in [2.05, 4.69) is 42.5 Å². The summed E-state index contributed by atoms with van der Waals surface area (Å²) in [6.07, 6.45) is 11.0. The van der Waals surface area contributed by atoms with Gasteiger partial charge in [-0.3, -0.25) is 24.3 Å². The highest BCUT2D eigenvalue weighted by atomic mass is 16.2. The normalized spacial score (nSPS) is 10.3. The fraction of sp³-hybridized carbons (Fsp3) is 0.208. The Morgan fingerprint density at radius 2 is 1.21 bits per heavy atom. The summed E-state index contributed by atoms with van der Waals surface area (Å²) < 4.78 is 3.21. The molecule has 0 unspecified atom stereocenters. The number of benzene rings is 3. The molecule has 0 saturated carbocycles. The molecule has 3 amide bonds. The Kier molecular flexibility index (Phi) is 18.9. The van der Waals surface area contributed by atoms with Crippen LogP contribution in [0.4, 0.5) is 22.9 Å².